The molecule has 0 aliphatic carbocycles. The lowest BCUT2D eigenvalue weighted by Gasteiger charge is -2.14. The zero-order valence-corrected chi connectivity index (χ0v) is 10.5. The Kier molecular flexibility index (Phi) is 5.06. The molecule has 15 heavy (non-hydrogen) atoms. The topological polar surface area (TPSA) is 70.1 Å². The number of nitrogens with zero attached hydrogens (tertiary/aromatic N) is 2. The molecule has 1 N–H and O–H groups in total. The third-order valence-corrected chi connectivity index (χ3v) is 2.72. The predicted molar refractivity (Wildman–Crippen MR) is 57.3 cm³/mol. The summed E-state index contributed by atoms with van der Waals surface area (Å²) in [6.07, 6.45) is 0. The summed E-state index contributed by atoms with van der Waals surface area (Å²) in [7, 11) is 0.935. The van der Waals surface area contributed by atoms with Crippen molar-refractivity contribution in [2.45, 2.75) is 13.8 Å². The van der Waals surface area contributed by atoms with Crippen molar-refractivity contribution < 1.29 is 17.2 Å². The Labute approximate surface area is 91.1 Å². The molecule has 1 aliphatic heterocycles. The third kappa shape index (κ3) is 5.01. The van der Waals surface area contributed by atoms with E-state index in [2.05, 4.69) is 41.9 Å². The lowest BCUT2D eigenvalue weighted by atomic mass is 10.4. The molecule has 6 nitrogen and oxygen atoms in total. The number of rotatable bonds is 1. The molecular weight excluding hydrogens is 220 g/mol. The van der Waals surface area contributed by atoms with Crippen LogP contribution in [0.5, 0.6) is 0 Å². The quantitative estimate of drug-likeness (QED) is 0.671. The summed E-state index contributed by atoms with van der Waals surface area (Å²) >= 11 is 0. The Hall–Kier alpha value is -0.790. The predicted octanol–water partition coefficient (Wildman–Crippen LogP) is 0.508. The first-order valence-electron chi connectivity index (χ1n) is 4.31. The molecule has 0 aromatic carbocycles. The second-order valence-electron chi connectivity index (χ2n) is 3.30. The van der Waals surface area contributed by atoms with Gasteiger partial charge >= 0.3 is 10.4 Å². The number of allylic oxidation sites excluding steroid dienone is 2. The van der Waals surface area contributed by atoms with Gasteiger partial charge in [0.15, 0.2) is 0 Å². The van der Waals surface area contributed by atoms with Crippen LogP contribution in [-0.2, 0) is 14.6 Å². The van der Waals surface area contributed by atoms with Crippen LogP contribution in [0, 0.1) is 0 Å². The van der Waals surface area contributed by atoms with E-state index in [-0.39, 0.29) is 0 Å². The van der Waals surface area contributed by atoms with E-state index < -0.39 is 10.4 Å². The fraction of sp³-hybridized carbons (Fsp3) is 0.750. The molecule has 1 aliphatic rings. The van der Waals surface area contributed by atoms with E-state index in [4.69, 9.17) is 4.55 Å². The maximum absolute atomic E-state index is 9.33. The smallest absolute Gasteiger partial charge is 0.359 e. The van der Waals surface area contributed by atoms with Gasteiger partial charge in [-0.25, -0.2) is 0 Å². The molecule has 0 spiro atoms. The van der Waals surface area contributed by atoms with E-state index in [1.54, 1.807) is 0 Å². The van der Waals surface area contributed by atoms with E-state index in [9.17, 15) is 8.42 Å². The molecule has 0 radical (unpaired) electrons. The van der Waals surface area contributed by atoms with Gasteiger partial charge in [-0.3, -0.25) is 8.74 Å². The van der Waals surface area contributed by atoms with Crippen molar-refractivity contribution in [2.24, 2.45) is 0 Å². The van der Waals surface area contributed by atoms with Gasteiger partial charge in [0, 0.05) is 25.5 Å². The Balaban J connectivity index is 0.000000288. The summed E-state index contributed by atoms with van der Waals surface area (Å²) in [6, 6.07) is 0. The normalized spacial score (nSPS) is 16.7. The first-order chi connectivity index (χ1) is 6.69. The molecule has 1 rings (SSSR count). The van der Waals surface area contributed by atoms with Crippen LogP contribution < -0.4 is 0 Å². The first-order valence-corrected chi connectivity index (χ1v) is 5.68. The molecule has 7 heteroatoms. The molecular formula is C8H18N2O4S. The van der Waals surface area contributed by atoms with Crippen molar-refractivity contribution in [1.29, 1.82) is 0 Å². The highest BCUT2D eigenvalue weighted by atomic mass is 32.3. The highest BCUT2D eigenvalue weighted by molar-refractivity contribution is 7.80. The summed E-state index contributed by atoms with van der Waals surface area (Å²) in [6.45, 7) is 5.34. The fourth-order valence-corrected chi connectivity index (χ4v) is 1.08. The molecule has 0 atom stereocenters. The minimum atomic E-state index is -4.16. The third-order valence-electron chi connectivity index (χ3n) is 2.30. The van der Waals surface area contributed by atoms with E-state index in [0.29, 0.717) is 0 Å². The van der Waals surface area contributed by atoms with Crippen LogP contribution in [0.1, 0.15) is 13.8 Å². The van der Waals surface area contributed by atoms with Crippen LogP contribution in [0.4, 0.5) is 0 Å². The SMILES string of the molecule is CC1=C(C)N(C)CN1C.COS(=O)(=O)O. The minimum absolute atomic E-state index is 0.870. The van der Waals surface area contributed by atoms with E-state index in [1.807, 2.05) is 0 Å². The highest BCUT2D eigenvalue weighted by Gasteiger charge is 2.15. The van der Waals surface area contributed by atoms with Crippen LogP contribution >= 0.6 is 0 Å². The molecule has 0 fully saturated rings. The van der Waals surface area contributed by atoms with E-state index in [0.717, 1.165) is 13.8 Å². The summed E-state index contributed by atoms with van der Waals surface area (Å²) in [5.74, 6) is 0. The van der Waals surface area contributed by atoms with Gasteiger partial charge in [0.05, 0.1) is 13.8 Å². The van der Waals surface area contributed by atoms with Gasteiger partial charge in [-0.1, -0.05) is 0 Å². The molecule has 0 aromatic rings. The van der Waals surface area contributed by atoms with Crippen molar-refractivity contribution >= 4 is 10.4 Å². The summed E-state index contributed by atoms with van der Waals surface area (Å²) in [5.41, 5.74) is 2.77. The maximum Gasteiger partial charge on any atom is 0.397 e. The van der Waals surface area contributed by atoms with Crippen LogP contribution in [0.2, 0.25) is 0 Å². The lowest BCUT2D eigenvalue weighted by molar-refractivity contribution is 0.318. The van der Waals surface area contributed by atoms with Gasteiger partial charge in [0.25, 0.3) is 0 Å². The van der Waals surface area contributed by atoms with Gasteiger partial charge in [0.1, 0.15) is 0 Å². The van der Waals surface area contributed by atoms with Gasteiger partial charge in [0.2, 0.25) is 0 Å². The lowest BCUT2D eigenvalue weighted by Crippen LogP contribution is -2.20. The molecule has 0 saturated carbocycles. The van der Waals surface area contributed by atoms with Crippen LogP contribution in [-0.4, -0.2) is 50.6 Å². The molecule has 0 bridgehead atoms. The zero-order valence-electron chi connectivity index (χ0n) is 9.68. The Bertz CT molecular complexity index is 321. The first kappa shape index (κ1) is 14.2. The van der Waals surface area contributed by atoms with Crippen LogP contribution in [0.25, 0.3) is 0 Å². The second kappa shape index (κ2) is 5.34. The Morgan fingerprint density at radius 1 is 1.20 bits per heavy atom. The molecule has 1 heterocycles. The van der Waals surface area contributed by atoms with E-state index >= 15 is 0 Å². The van der Waals surface area contributed by atoms with Crippen LogP contribution in [0.3, 0.4) is 0 Å². The zero-order chi connectivity index (χ0) is 12.2. The van der Waals surface area contributed by atoms with Gasteiger partial charge in [-0.15, -0.1) is 0 Å². The minimum Gasteiger partial charge on any atom is -0.359 e. The molecule has 0 aromatic heterocycles. The summed E-state index contributed by atoms with van der Waals surface area (Å²) in [4.78, 5) is 4.49. The van der Waals surface area contributed by atoms with Crippen molar-refractivity contribution in [2.75, 3.05) is 27.9 Å². The molecule has 90 valence electrons. The summed E-state index contributed by atoms with van der Waals surface area (Å²) < 4.78 is 29.7. The van der Waals surface area contributed by atoms with Gasteiger partial charge in [-0.05, 0) is 13.8 Å². The van der Waals surface area contributed by atoms with Crippen LogP contribution in [0.15, 0.2) is 11.4 Å². The van der Waals surface area contributed by atoms with Crippen molar-refractivity contribution in [3.05, 3.63) is 11.4 Å². The maximum atomic E-state index is 9.33. The number of hydrogen-bond donors (Lipinski definition) is 1. The van der Waals surface area contributed by atoms with Crippen molar-refractivity contribution in [1.82, 2.24) is 9.80 Å². The molecule has 0 amide bonds. The van der Waals surface area contributed by atoms with Gasteiger partial charge < -0.3 is 9.80 Å². The average Bonchev–Trinajstić information content (AvgIpc) is 2.33. The van der Waals surface area contributed by atoms with E-state index in [1.165, 1.54) is 11.4 Å². The monoisotopic (exact) mass is 238 g/mol. The van der Waals surface area contributed by atoms with Crippen molar-refractivity contribution in [3.63, 3.8) is 0 Å². The highest BCUT2D eigenvalue weighted by Crippen LogP contribution is 2.18. The molecule has 0 unspecified atom stereocenters. The van der Waals surface area contributed by atoms with Crippen molar-refractivity contribution in [3.8, 4) is 0 Å². The number of hydrogen-bond acceptors (Lipinski definition) is 5. The fourth-order valence-electron chi connectivity index (χ4n) is 1.08. The Morgan fingerprint density at radius 3 is 1.53 bits per heavy atom. The second-order valence-corrected chi connectivity index (χ2v) is 4.49. The Morgan fingerprint density at radius 2 is 1.47 bits per heavy atom. The summed E-state index contributed by atoms with van der Waals surface area (Å²) in [5, 5.41) is 0. The largest absolute Gasteiger partial charge is 0.397 e. The molecule has 0 saturated heterocycles. The standard InChI is InChI=1S/C7H14N2.CH4O4S/c1-6-7(2)9(4)5-8(6)3;1-5-6(2,3)4/h5H2,1-4H3;1H3,(H,2,3,4). The average molecular weight is 238 g/mol. The van der Waals surface area contributed by atoms with Gasteiger partial charge in [-0.2, -0.15) is 8.42 Å².